The second-order valence-electron chi connectivity index (χ2n) is 3.30. The van der Waals surface area contributed by atoms with Crippen LogP contribution in [0.3, 0.4) is 0 Å². The average Bonchev–Trinajstić information content (AvgIpc) is 2.91. The molecule has 0 unspecified atom stereocenters. The summed E-state index contributed by atoms with van der Waals surface area (Å²) in [6, 6.07) is 0. The molecule has 70 valence electrons. The van der Waals surface area contributed by atoms with Crippen molar-refractivity contribution in [2.75, 3.05) is 17.6 Å². The quantitative estimate of drug-likeness (QED) is 0.633. The number of nitrogens with two attached hydrogens (primary N) is 1. The maximum absolute atomic E-state index is 9.16. The van der Waals surface area contributed by atoms with Crippen molar-refractivity contribution in [1.29, 1.82) is 0 Å². The van der Waals surface area contributed by atoms with Gasteiger partial charge in [0, 0.05) is 6.54 Å². The Hall–Kier alpha value is -1.52. The van der Waals surface area contributed by atoms with Crippen molar-refractivity contribution in [2.24, 2.45) is 5.92 Å². The lowest BCUT2D eigenvalue weighted by Crippen LogP contribution is -2.07. The van der Waals surface area contributed by atoms with Gasteiger partial charge in [-0.25, -0.2) is 4.98 Å². The number of anilines is 2. The molecule has 1 aromatic rings. The summed E-state index contributed by atoms with van der Waals surface area (Å²) in [7, 11) is 0. The average molecular weight is 180 g/mol. The van der Waals surface area contributed by atoms with E-state index in [0.29, 0.717) is 5.95 Å². The van der Waals surface area contributed by atoms with Crippen molar-refractivity contribution in [2.45, 2.75) is 12.8 Å². The molecule has 5 heteroatoms. The Labute approximate surface area is 76.0 Å². The Morgan fingerprint density at radius 3 is 3.00 bits per heavy atom. The smallest absolute Gasteiger partial charge is 0.239 e. The number of nitrogens with one attached hydrogen (secondary N) is 1. The summed E-state index contributed by atoms with van der Waals surface area (Å²) < 4.78 is 0. The minimum absolute atomic E-state index is 0.159. The third-order valence-electron chi connectivity index (χ3n) is 2.04. The molecule has 13 heavy (non-hydrogen) atoms. The Morgan fingerprint density at radius 2 is 2.38 bits per heavy atom. The Balaban J connectivity index is 1.98. The van der Waals surface area contributed by atoms with Crippen molar-refractivity contribution < 1.29 is 5.11 Å². The van der Waals surface area contributed by atoms with E-state index in [0.717, 1.165) is 12.5 Å². The van der Waals surface area contributed by atoms with Crippen LogP contribution in [0.4, 0.5) is 11.6 Å². The van der Waals surface area contributed by atoms with Gasteiger partial charge < -0.3 is 16.2 Å². The van der Waals surface area contributed by atoms with E-state index in [-0.39, 0.29) is 11.6 Å². The van der Waals surface area contributed by atoms with E-state index in [9.17, 15) is 0 Å². The molecule has 5 nitrogen and oxygen atoms in total. The van der Waals surface area contributed by atoms with E-state index in [4.69, 9.17) is 10.8 Å². The first-order valence-electron chi connectivity index (χ1n) is 4.31. The maximum Gasteiger partial charge on any atom is 0.239 e. The fraction of sp³-hybridized carbons (Fsp3) is 0.500. The van der Waals surface area contributed by atoms with Crippen molar-refractivity contribution >= 4 is 11.6 Å². The summed E-state index contributed by atoms with van der Waals surface area (Å²) in [5.41, 5.74) is 5.56. The fourth-order valence-electron chi connectivity index (χ4n) is 1.02. The Bertz CT molecular complexity index is 311. The Kier molecular flexibility index (Phi) is 1.92. The normalized spacial score (nSPS) is 15.7. The fourth-order valence-corrected chi connectivity index (χ4v) is 1.02. The van der Waals surface area contributed by atoms with Crippen LogP contribution >= 0.6 is 0 Å². The summed E-state index contributed by atoms with van der Waals surface area (Å²) >= 11 is 0. The maximum atomic E-state index is 9.16. The lowest BCUT2D eigenvalue weighted by molar-refractivity contribution is 0.455. The van der Waals surface area contributed by atoms with Crippen LogP contribution in [0.25, 0.3) is 0 Å². The molecule has 0 bridgehead atoms. The number of rotatable bonds is 3. The summed E-state index contributed by atoms with van der Waals surface area (Å²) in [6.45, 7) is 0.878. The van der Waals surface area contributed by atoms with Crippen molar-refractivity contribution in [1.82, 2.24) is 9.97 Å². The number of nitrogens with zero attached hydrogens (tertiary/aromatic N) is 2. The predicted molar refractivity (Wildman–Crippen MR) is 49.3 cm³/mol. The third kappa shape index (κ3) is 1.99. The minimum atomic E-state index is -0.159. The van der Waals surface area contributed by atoms with E-state index >= 15 is 0 Å². The lowest BCUT2D eigenvalue weighted by Gasteiger charge is -2.03. The Morgan fingerprint density at radius 1 is 1.62 bits per heavy atom. The van der Waals surface area contributed by atoms with Gasteiger partial charge in [-0.3, -0.25) is 0 Å². The zero-order valence-electron chi connectivity index (χ0n) is 7.20. The van der Waals surface area contributed by atoms with Gasteiger partial charge in [0.25, 0.3) is 0 Å². The largest absolute Gasteiger partial charge is 0.492 e. The highest BCUT2D eigenvalue weighted by atomic mass is 16.3. The van der Waals surface area contributed by atoms with Crippen molar-refractivity contribution in [3.63, 3.8) is 0 Å². The molecule has 4 N–H and O–H groups in total. The highest BCUT2D eigenvalue weighted by molar-refractivity contribution is 5.47. The van der Waals surface area contributed by atoms with Crippen LogP contribution in [0, 0.1) is 5.92 Å². The van der Waals surface area contributed by atoms with E-state index in [1.165, 1.54) is 19.0 Å². The molecule has 1 aliphatic rings. The summed E-state index contributed by atoms with van der Waals surface area (Å²) in [5.74, 6) is 1.04. The zero-order valence-corrected chi connectivity index (χ0v) is 7.20. The van der Waals surface area contributed by atoms with Gasteiger partial charge in [0.1, 0.15) is 5.69 Å². The van der Waals surface area contributed by atoms with Crippen LogP contribution in [-0.4, -0.2) is 21.6 Å². The van der Waals surface area contributed by atoms with Crippen molar-refractivity contribution in [3.8, 4) is 5.88 Å². The monoisotopic (exact) mass is 180 g/mol. The molecule has 1 fully saturated rings. The molecule has 1 heterocycles. The standard InChI is InChI=1S/C8H12N4O/c9-6-4-11-8(12-7(6)13)10-3-5-1-2-5/h4-5H,1-3,9H2,(H2,10,11,12,13). The van der Waals surface area contributed by atoms with Gasteiger partial charge in [-0.05, 0) is 18.8 Å². The number of nitrogen functional groups attached to an aromatic ring is 1. The molecule has 1 aromatic heterocycles. The highest BCUT2D eigenvalue weighted by Crippen LogP contribution is 2.28. The van der Waals surface area contributed by atoms with Gasteiger partial charge in [-0.1, -0.05) is 0 Å². The minimum Gasteiger partial charge on any atom is -0.492 e. The van der Waals surface area contributed by atoms with Gasteiger partial charge in [0.05, 0.1) is 6.20 Å². The first-order chi connectivity index (χ1) is 6.25. The summed E-state index contributed by atoms with van der Waals surface area (Å²) in [6.07, 6.45) is 3.94. The number of aromatic hydroxyl groups is 1. The SMILES string of the molecule is Nc1cnc(NCC2CC2)nc1O. The number of aromatic nitrogens is 2. The molecule has 0 radical (unpaired) electrons. The van der Waals surface area contributed by atoms with E-state index in [2.05, 4.69) is 15.3 Å². The van der Waals surface area contributed by atoms with Crippen LogP contribution < -0.4 is 11.1 Å². The highest BCUT2D eigenvalue weighted by Gasteiger charge is 2.20. The van der Waals surface area contributed by atoms with Crippen LogP contribution in [-0.2, 0) is 0 Å². The van der Waals surface area contributed by atoms with Crippen LogP contribution in [0.15, 0.2) is 6.20 Å². The molecule has 0 aliphatic heterocycles. The summed E-state index contributed by atoms with van der Waals surface area (Å²) in [5, 5.41) is 12.2. The number of hydrogen-bond acceptors (Lipinski definition) is 5. The van der Waals surface area contributed by atoms with Gasteiger partial charge in [0.2, 0.25) is 11.8 Å². The molecule has 0 spiro atoms. The van der Waals surface area contributed by atoms with E-state index < -0.39 is 0 Å². The molecule has 2 rings (SSSR count). The first kappa shape index (κ1) is 8.10. The molecular formula is C8H12N4O. The van der Waals surface area contributed by atoms with E-state index in [1.54, 1.807) is 0 Å². The topological polar surface area (TPSA) is 84.1 Å². The zero-order chi connectivity index (χ0) is 9.26. The number of hydrogen-bond donors (Lipinski definition) is 3. The molecular weight excluding hydrogens is 168 g/mol. The van der Waals surface area contributed by atoms with Gasteiger partial charge in [0.15, 0.2) is 0 Å². The van der Waals surface area contributed by atoms with Crippen LogP contribution in [0.5, 0.6) is 5.88 Å². The van der Waals surface area contributed by atoms with E-state index in [1.807, 2.05) is 0 Å². The molecule has 1 saturated carbocycles. The third-order valence-corrected chi connectivity index (χ3v) is 2.04. The second kappa shape index (κ2) is 3.08. The second-order valence-corrected chi connectivity index (χ2v) is 3.30. The molecule has 0 aromatic carbocycles. The molecule has 0 amide bonds. The molecule has 1 aliphatic carbocycles. The molecule has 0 saturated heterocycles. The summed E-state index contributed by atoms with van der Waals surface area (Å²) in [4.78, 5) is 7.71. The first-order valence-corrected chi connectivity index (χ1v) is 4.31. The van der Waals surface area contributed by atoms with Gasteiger partial charge in [-0.2, -0.15) is 4.98 Å². The van der Waals surface area contributed by atoms with Crippen LogP contribution in [0.1, 0.15) is 12.8 Å². The molecule has 0 atom stereocenters. The van der Waals surface area contributed by atoms with Gasteiger partial charge in [-0.15, -0.1) is 0 Å². The van der Waals surface area contributed by atoms with Gasteiger partial charge >= 0.3 is 0 Å². The van der Waals surface area contributed by atoms with Crippen molar-refractivity contribution in [3.05, 3.63) is 6.20 Å². The van der Waals surface area contributed by atoms with Crippen LogP contribution in [0.2, 0.25) is 0 Å². The predicted octanol–water partition coefficient (Wildman–Crippen LogP) is 0.586. The lowest BCUT2D eigenvalue weighted by atomic mass is 10.4.